The van der Waals surface area contributed by atoms with Crippen molar-refractivity contribution in [2.45, 2.75) is 25.3 Å². The molecular formula is C18H19F2N7. The number of hydrogen-bond donors (Lipinski definition) is 1. The van der Waals surface area contributed by atoms with Gasteiger partial charge in [0, 0.05) is 25.2 Å². The van der Waals surface area contributed by atoms with E-state index in [0.29, 0.717) is 29.0 Å². The molecule has 2 aliphatic rings. The van der Waals surface area contributed by atoms with E-state index in [0.717, 1.165) is 25.5 Å². The lowest BCUT2D eigenvalue weighted by molar-refractivity contribution is 0.144. The number of imidazole rings is 1. The third-order valence-corrected chi connectivity index (χ3v) is 5.55. The van der Waals surface area contributed by atoms with Crippen molar-refractivity contribution in [1.82, 2.24) is 29.9 Å². The standard InChI is InChI=1S/C18H19F2N7/c19-18(20)12-1-2-16-22-9-15(27(16)25-12)13-7-17(24-10-23-13)26-6-4-11-3-5-21-8-14(11)26/h1-2,7,9-11,14,18,21H,3-6,8H2. The Labute approximate surface area is 154 Å². The fourth-order valence-electron chi connectivity index (χ4n) is 4.18. The van der Waals surface area contributed by atoms with Gasteiger partial charge in [0.2, 0.25) is 0 Å². The molecule has 7 nitrogen and oxygen atoms in total. The predicted octanol–water partition coefficient (Wildman–Crippen LogP) is 2.31. The molecular weight excluding hydrogens is 352 g/mol. The molecule has 0 aliphatic carbocycles. The number of halogens is 2. The maximum absolute atomic E-state index is 13.0. The van der Waals surface area contributed by atoms with Crippen molar-refractivity contribution in [3.63, 3.8) is 0 Å². The number of rotatable bonds is 3. The number of alkyl halides is 2. The second-order valence-corrected chi connectivity index (χ2v) is 7.04. The van der Waals surface area contributed by atoms with Crippen molar-refractivity contribution >= 4 is 11.5 Å². The first kappa shape index (κ1) is 16.5. The molecule has 27 heavy (non-hydrogen) atoms. The van der Waals surface area contributed by atoms with Crippen LogP contribution in [0.2, 0.25) is 0 Å². The Morgan fingerprint density at radius 1 is 1.15 bits per heavy atom. The van der Waals surface area contributed by atoms with E-state index in [2.05, 4.69) is 30.3 Å². The van der Waals surface area contributed by atoms with Crippen LogP contribution in [0.15, 0.2) is 30.7 Å². The molecule has 0 radical (unpaired) electrons. The van der Waals surface area contributed by atoms with Gasteiger partial charge >= 0.3 is 0 Å². The molecule has 2 fully saturated rings. The highest BCUT2D eigenvalue weighted by Crippen LogP contribution is 2.33. The van der Waals surface area contributed by atoms with Crippen molar-refractivity contribution in [2.75, 3.05) is 24.5 Å². The number of piperidine rings is 1. The highest BCUT2D eigenvalue weighted by atomic mass is 19.3. The van der Waals surface area contributed by atoms with Crippen molar-refractivity contribution in [2.24, 2.45) is 5.92 Å². The Balaban J connectivity index is 1.52. The van der Waals surface area contributed by atoms with Crippen LogP contribution in [0.5, 0.6) is 0 Å². The molecule has 0 aromatic carbocycles. The van der Waals surface area contributed by atoms with Gasteiger partial charge in [0.1, 0.15) is 23.5 Å². The SMILES string of the molecule is FC(F)c1ccc2ncc(-c3cc(N4CCC5CCNCC54)ncn3)n2n1. The van der Waals surface area contributed by atoms with E-state index in [-0.39, 0.29) is 5.69 Å². The molecule has 5 rings (SSSR count). The average molecular weight is 371 g/mol. The smallest absolute Gasteiger partial charge is 0.282 e. The monoisotopic (exact) mass is 371 g/mol. The third-order valence-electron chi connectivity index (χ3n) is 5.55. The Morgan fingerprint density at radius 3 is 2.96 bits per heavy atom. The minimum atomic E-state index is -2.63. The summed E-state index contributed by atoms with van der Waals surface area (Å²) in [4.78, 5) is 15.4. The second-order valence-electron chi connectivity index (χ2n) is 7.04. The van der Waals surface area contributed by atoms with Crippen molar-refractivity contribution in [3.05, 3.63) is 36.4 Å². The molecule has 2 unspecified atom stereocenters. The third kappa shape index (κ3) is 2.82. The van der Waals surface area contributed by atoms with Crippen LogP contribution >= 0.6 is 0 Å². The molecule has 140 valence electrons. The van der Waals surface area contributed by atoms with Crippen LogP contribution in [0.1, 0.15) is 25.0 Å². The average Bonchev–Trinajstić information content (AvgIpc) is 3.32. The van der Waals surface area contributed by atoms with E-state index in [1.165, 1.54) is 29.8 Å². The van der Waals surface area contributed by atoms with Gasteiger partial charge in [0.15, 0.2) is 5.65 Å². The zero-order valence-corrected chi connectivity index (χ0v) is 14.6. The van der Waals surface area contributed by atoms with Gasteiger partial charge in [-0.15, -0.1) is 0 Å². The zero-order chi connectivity index (χ0) is 18.4. The van der Waals surface area contributed by atoms with Crippen molar-refractivity contribution in [3.8, 4) is 11.4 Å². The Kier molecular flexibility index (Phi) is 3.96. The largest absolute Gasteiger partial charge is 0.352 e. The van der Waals surface area contributed by atoms with Crippen LogP contribution < -0.4 is 10.2 Å². The summed E-state index contributed by atoms with van der Waals surface area (Å²) in [5, 5.41) is 7.48. The summed E-state index contributed by atoms with van der Waals surface area (Å²) in [7, 11) is 0. The Hall–Kier alpha value is -2.68. The highest BCUT2D eigenvalue weighted by molar-refractivity contribution is 5.62. The summed E-state index contributed by atoms with van der Waals surface area (Å²) in [6, 6.07) is 5.17. The number of aromatic nitrogens is 5. The quantitative estimate of drug-likeness (QED) is 0.762. The van der Waals surface area contributed by atoms with E-state index in [1.54, 1.807) is 12.3 Å². The van der Waals surface area contributed by atoms with Gasteiger partial charge in [0.05, 0.1) is 11.9 Å². The molecule has 2 saturated heterocycles. The number of hydrogen-bond acceptors (Lipinski definition) is 6. The molecule has 3 aromatic heterocycles. The normalized spacial score (nSPS) is 22.6. The Morgan fingerprint density at radius 2 is 2.07 bits per heavy atom. The number of fused-ring (bicyclic) bond motifs is 2. The van der Waals surface area contributed by atoms with Gasteiger partial charge in [-0.1, -0.05) is 0 Å². The van der Waals surface area contributed by atoms with Crippen molar-refractivity contribution in [1.29, 1.82) is 0 Å². The van der Waals surface area contributed by atoms with Gasteiger partial charge in [-0.2, -0.15) is 5.10 Å². The van der Waals surface area contributed by atoms with Crippen LogP contribution in [-0.4, -0.2) is 50.2 Å². The summed E-state index contributed by atoms with van der Waals surface area (Å²) in [6.07, 6.45) is 2.85. The lowest BCUT2D eigenvalue weighted by atomic mass is 9.93. The number of anilines is 1. The van der Waals surface area contributed by atoms with E-state index in [9.17, 15) is 8.78 Å². The summed E-state index contributed by atoms with van der Waals surface area (Å²) in [5.74, 6) is 1.55. The van der Waals surface area contributed by atoms with E-state index < -0.39 is 6.43 Å². The molecule has 2 atom stereocenters. The predicted molar refractivity (Wildman–Crippen MR) is 95.7 cm³/mol. The molecule has 0 amide bonds. The molecule has 0 saturated carbocycles. The molecule has 0 bridgehead atoms. The fraction of sp³-hybridized carbons (Fsp3) is 0.444. The first-order chi connectivity index (χ1) is 13.2. The van der Waals surface area contributed by atoms with Gasteiger partial charge in [-0.05, 0) is 37.4 Å². The number of nitrogens with zero attached hydrogens (tertiary/aromatic N) is 6. The topological polar surface area (TPSA) is 71.2 Å². The first-order valence-electron chi connectivity index (χ1n) is 9.13. The molecule has 9 heteroatoms. The highest BCUT2D eigenvalue weighted by Gasteiger charge is 2.36. The van der Waals surface area contributed by atoms with E-state index in [4.69, 9.17) is 0 Å². The summed E-state index contributed by atoms with van der Waals surface area (Å²) >= 11 is 0. The Bertz CT molecular complexity index is 973. The van der Waals surface area contributed by atoms with E-state index in [1.807, 2.05) is 6.07 Å². The van der Waals surface area contributed by atoms with Crippen LogP contribution in [0.3, 0.4) is 0 Å². The van der Waals surface area contributed by atoms with Crippen LogP contribution in [0, 0.1) is 5.92 Å². The van der Waals surface area contributed by atoms with Gasteiger partial charge in [-0.25, -0.2) is 28.2 Å². The molecule has 3 aromatic rings. The van der Waals surface area contributed by atoms with Crippen molar-refractivity contribution < 1.29 is 8.78 Å². The minimum Gasteiger partial charge on any atom is -0.352 e. The molecule has 2 aliphatic heterocycles. The van der Waals surface area contributed by atoms with Gasteiger partial charge in [0.25, 0.3) is 6.43 Å². The lowest BCUT2D eigenvalue weighted by Crippen LogP contribution is -2.46. The van der Waals surface area contributed by atoms with Gasteiger partial charge < -0.3 is 10.2 Å². The maximum atomic E-state index is 13.0. The first-order valence-corrected chi connectivity index (χ1v) is 9.13. The summed E-state index contributed by atoms with van der Waals surface area (Å²) in [5.41, 5.74) is 1.42. The molecule has 1 N–H and O–H groups in total. The minimum absolute atomic E-state index is 0.285. The van der Waals surface area contributed by atoms with Crippen LogP contribution in [0.25, 0.3) is 17.0 Å². The summed E-state index contributed by atoms with van der Waals surface area (Å²) < 4.78 is 27.5. The summed E-state index contributed by atoms with van der Waals surface area (Å²) in [6.45, 7) is 3.00. The lowest BCUT2D eigenvalue weighted by Gasteiger charge is -2.32. The fourth-order valence-corrected chi connectivity index (χ4v) is 4.18. The maximum Gasteiger partial charge on any atom is 0.282 e. The molecule has 0 spiro atoms. The van der Waals surface area contributed by atoms with Crippen LogP contribution in [0.4, 0.5) is 14.6 Å². The molecule has 5 heterocycles. The zero-order valence-electron chi connectivity index (χ0n) is 14.6. The number of nitrogens with one attached hydrogen (secondary N) is 1. The van der Waals surface area contributed by atoms with E-state index >= 15 is 0 Å². The van der Waals surface area contributed by atoms with Gasteiger partial charge in [-0.3, -0.25) is 0 Å². The van der Waals surface area contributed by atoms with Crippen LogP contribution in [-0.2, 0) is 0 Å². The second kappa shape index (κ2) is 6.49.